The van der Waals surface area contributed by atoms with Crippen LogP contribution in [0.15, 0.2) is 54.2 Å². The first-order chi connectivity index (χ1) is 16.5. The van der Waals surface area contributed by atoms with Gasteiger partial charge >= 0.3 is 0 Å². The molecule has 1 N–H and O–H groups in total. The lowest BCUT2D eigenvalue weighted by Crippen LogP contribution is -2.37. The Morgan fingerprint density at radius 1 is 1.03 bits per heavy atom. The van der Waals surface area contributed by atoms with Gasteiger partial charge in [-0.3, -0.25) is 9.59 Å². The number of benzene rings is 2. The molecular weight excluding hydrogens is 432 g/mol. The fourth-order valence-electron chi connectivity index (χ4n) is 5.44. The van der Waals surface area contributed by atoms with E-state index in [9.17, 15) is 14.7 Å². The normalized spacial score (nSPS) is 20.4. The van der Waals surface area contributed by atoms with E-state index in [-0.39, 0.29) is 17.4 Å². The number of rotatable bonds is 5. The van der Waals surface area contributed by atoms with Crippen LogP contribution in [0.1, 0.15) is 42.9 Å². The molecule has 2 heterocycles. The van der Waals surface area contributed by atoms with Gasteiger partial charge in [0, 0.05) is 41.8 Å². The van der Waals surface area contributed by atoms with E-state index in [1.165, 1.54) is 7.11 Å². The molecule has 1 amide bonds. The number of hydrogen-bond acceptors (Lipinski definition) is 5. The Balaban J connectivity index is 1.76. The van der Waals surface area contributed by atoms with Crippen molar-refractivity contribution in [3.8, 4) is 11.5 Å². The molecular formula is C27H28N2O5. The van der Waals surface area contributed by atoms with Gasteiger partial charge < -0.3 is 24.0 Å². The number of aryl methyl sites for hydroxylation is 1. The number of nitrogens with zero attached hydrogens (tertiary/aromatic N) is 2. The number of Topliss-reactive ketones (excluding diaryl/α,β-unsaturated/α-hetero) is 1. The minimum absolute atomic E-state index is 0.0384. The number of ether oxygens (including phenoxy) is 2. The molecule has 1 unspecified atom stereocenters. The number of aliphatic hydroxyl groups is 1. The molecule has 1 aromatic heterocycles. The summed E-state index contributed by atoms with van der Waals surface area (Å²) in [4.78, 5) is 28.6. The molecule has 2 aromatic carbocycles. The van der Waals surface area contributed by atoms with Gasteiger partial charge in [-0.25, -0.2) is 0 Å². The van der Waals surface area contributed by atoms with Gasteiger partial charge in [0.1, 0.15) is 17.3 Å². The molecule has 0 spiro atoms. The summed E-state index contributed by atoms with van der Waals surface area (Å²) in [7, 11) is 4.98. The number of amides is 1. The van der Waals surface area contributed by atoms with E-state index >= 15 is 0 Å². The molecule has 5 rings (SSSR count). The van der Waals surface area contributed by atoms with Crippen LogP contribution in [0.25, 0.3) is 16.7 Å². The highest BCUT2D eigenvalue weighted by atomic mass is 16.5. The maximum absolute atomic E-state index is 13.5. The highest BCUT2D eigenvalue weighted by Crippen LogP contribution is 2.46. The summed E-state index contributed by atoms with van der Waals surface area (Å²) >= 11 is 0. The molecule has 0 radical (unpaired) electrons. The zero-order valence-corrected chi connectivity index (χ0v) is 19.6. The van der Waals surface area contributed by atoms with Crippen molar-refractivity contribution in [2.45, 2.75) is 37.8 Å². The Hall–Kier alpha value is -3.74. The number of methoxy groups -OCH3 is 2. The van der Waals surface area contributed by atoms with Crippen LogP contribution < -0.4 is 9.47 Å². The first kappa shape index (κ1) is 22.1. The maximum Gasteiger partial charge on any atom is 0.295 e. The number of carbonyl (C=O) groups is 2. The topological polar surface area (TPSA) is 81.0 Å². The van der Waals surface area contributed by atoms with Crippen LogP contribution >= 0.6 is 0 Å². The van der Waals surface area contributed by atoms with E-state index in [0.29, 0.717) is 17.1 Å². The molecule has 7 nitrogen and oxygen atoms in total. The molecule has 7 heteroatoms. The molecule has 1 aliphatic carbocycles. The number of hydrogen-bond donors (Lipinski definition) is 1. The maximum atomic E-state index is 13.5. The number of ketones is 1. The first-order valence-corrected chi connectivity index (χ1v) is 11.5. The van der Waals surface area contributed by atoms with Crippen LogP contribution in [0.4, 0.5) is 0 Å². The van der Waals surface area contributed by atoms with Crippen molar-refractivity contribution in [2.24, 2.45) is 7.05 Å². The van der Waals surface area contributed by atoms with Gasteiger partial charge in [0.25, 0.3) is 11.7 Å². The fraction of sp³-hybridized carbons (Fsp3) is 0.333. The van der Waals surface area contributed by atoms with Crippen LogP contribution in [0.5, 0.6) is 11.5 Å². The molecule has 2 fully saturated rings. The van der Waals surface area contributed by atoms with Gasteiger partial charge in [-0.05, 0) is 31.0 Å². The molecule has 0 bridgehead atoms. The highest BCUT2D eigenvalue weighted by molar-refractivity contribution is 6.47. The van der Waals surface area contributed by atoms with Gasteiger partial charge in [-0.2, -0.15) is 0 Å². The Kier molecular flexibility index (Phi) is 5.55. The number of aromatic nitrogens is 1. The number of likely N-dealkylation sites (tertiary alicyclic amines) is 1. The highest BCUT2D eigenvalue weighted by Gasteiger charge is 2.50. The van der Waals surface area contributed by atoms with E-state index in [0.717, 1.165) is 42.1 Å². The van der Waals surface area contributed by atoms with Crippen molar-refractivity contribution in [3.63, 3.8) is 0 Å². The third kappa shape index (κ3) is 3.34. The second-order valence-electron chi connectivity index (χ2n) is 8.92. The summed E-state index contributed by atoms with van der Waals surface area (Å²) in [5.41, 5.74) is 2.27. The van der Waals surface area contributed by atoms with Crippen molar-refractivity contribution >= 4 is 28.4 Å². The molecule has 1 atom stereocenters. The van der Waals surface area contributed by atoms with E-state index < -0.39 is 17.7 Å². The van der Waals surface area contributed by atoms with Gasteiger partial charge in [0.05, 0.1) is 31.4 Å². The fourth-order valence-corrected chi connectivity index (χ4v) is 5.44. The van der Waals surface area contributed by atoms with Crippen molar-refractivity contribution in [3.05, 3.63) is 65.4 Å². The second kappa shape index (κ2) is 8.56. The van der Waals surface area contributed by atoms with Gasteiger partial charge in [-0.15, -0.1) is 0 Å². The lowest BCUT2D eigenvalue weighted by Gasteiger charge is -2.30. The van der Waals surface area contributed by atoms with Crippen molar-refractivity contribution in [1.82, 2.24) is 9.47 Å². The van der Waals surface area contributed by atoms with E-state index in [1.54, 1.807) is 30.2 Å². The Morgan fingerprint density at radius 2 is 1.76 bits per heavy atom. The van der Waals surface area contributed by atoms with Crippen LogP contribution in [0.2, 0.25) is 0 Å². The van der Waals surface area contributed by atoms with Crippen molar-refractivity contribution < 1.29 is 24.2 Å². The summed E-state index contributed by atoms with van der Waals surface area (Å²) < 4.78 is 12.7. The molecule has 34 heavy (non-hydrogen) atoms. The number of fused-ring (bicyclic) bond motifs is 1. The molecule has 3 aromatic rings. The van der Waals surface area contributed by atoms with Gasteiger partial charge in [0.15, 0.2) is 0 Å². The van der Waals surface area contributed by atoms with Crippen molar-refractivity contribution in [2.75, 3.05) is 14.2 Å². The Morgan fingerprint density at radius 3 is 2.47 bits per heavy atom. The van der Waals surface area contributed by atoms with E-state index in [4.69, 9.17) is 9.47 Å². The first-order valence-electron chi connectivity index (χ1n) is 11.5. The second-order valence-corrected chi connectivity index (χ2v) is 8.92. The predicted molar refractivity (Wildman–Crippen MR) is 129 cm³/mol. The minimum atomic E-state index is -0.680. The summed E-state index contributed by atoms with van der Waals surface area (Å²) in [6, 6.07) is 12.2. The Bertz CT molecular complexity index is 1320. The van der Waals surface area contributed by atoms with Crippen LogP contribution in [0, 0.1) is 0 Å². The standard InChI is InChI=1S/C27H28N2O5/c1-28-15-20(18-10-6-7-11-21(18)28)24-23(26(31)27(32)29(24)16-8-4-5-9-16)25(30)19-13-12-17(33-2)14-22(19)34-3/h6-7,10-16,24,30H,4-5,8-9H2,1-3H3/b25-23+. The molecule has 1 saturated carbocycles. The Labute approximate surface area is 198 Å². The summed E-state index contributed by atoms with van der Waals surface area (Å²) in [6.45, 7) is 0. The molecule has 2 aliphatic rings. The zero-order valence-electron chi connectivity index (χ0n) is 19.6. The molecule has 1 saturated heterocycles. The average Bonchev–Trinajstić information content (AvgIpc) is 3.56. The number of carbonyl (C=O) groups excluding carboxylic acids is 2. The van der Waals surface area contributed by atoms with Crippen LogP contribution in [-0.4, -0.2) is 46.5 Å². The monoisotopic (exact) mass is 460 g/mol. The lowest BCUT2D eigenvalue weighted by atomic mass is 9.94. The van der Waals surface area contributed by atoms with Crippen molar-refractivity contribution in [1.29, 1.82) is 0 Å². The summed E-state index contributed by atoms with van der Waals surface area (Å²) in [5, 5.41) is 12.5. The zero-order chi connectivity index (χ0) is 24.0. The lowest BCUT2D eigenvalue weighted by molar-refractivity contribution is -0.141. The third-order valence-corrected chi connectivity index (χ3v) is 7.08. The molecule has 1 aliphatic heterocycles. The predicted octanol–water partition coefficient (Wildman–Crippen LogP) is 4.56. The van der Waals surface area contributed by atoms with Crippen LogP contribution in [0.3, 0.4) is 0 Å². The van der Waals surface area contributed by atoms with E-state index in [2.05, 4.69) is 0 Å². The average molecular weight is 461 g/mol. The SMILES string of the molecule is COc1ccc(/C(O)=C2\C(=O)C(=O)N(C3CCCC3)C2c2cn(C)c3ccccc23)c(OC)c1. The largest absolute Gasteiger partial charge is 0.507 e. The quantitative estimate of drug-likeness (QED) is 0.343. The van der Waals surface area contributed by atoms with Crippen LogP contribution in [-0.2, 0) is 16.6 Å². The van der Waals surface area contributed by atoms with Gasteiger partial charge in [0.2, 0.25) is 0 Å². The number of aliphatic hydroxyl groups excluding tert-OH is 1. The summed E-state index contributed by atoms with van der Waals surface area (Å²) in [6.07, 6.45) is 5.69. The number of para-hydroxylation sites is 1. The van der Waals surface area contributed by atoms with E-state index in [1.807, 2.05) is 42.1 Å². The smallest absolute Gasteiger partial charge is 0.295 e. The summed E-state index contributed by atoms with van der Waals surface area (Å²) in [5.74, 6) is -0.540. The minimum Gasteiger partial charge on any atom is -0.507 e. The molecule has 176 valence electrons. The third-order valence-electron chi connectivity index (χ3n) is 7.08. The van der Waals surface area contributed by atoms with Gasteiger partial charge in [-0.1, -0.05) is 31.0 Å².